The molecule has 4 heteroatoms. The molecule has 19 heavy (non-hydrogen) atoms. The maximum atomic E-state index is 6.03. The van der Waals surface area contributed by atoms with Crippen LogP contribution in [0.15, 0.2) is 46.9 Å². The van der Waals surface area contributed by atoms with Crippen LogP contribution in [0.25, 0.3) is 0 Å². The zero-order chi connectivity index (χ0) is 13.7. The zero-order valence-corrected chi connectivity index (χ0v) is 13.0. The third-order valence-electron chi connectivity index (χ3n) is 2.65. The second-order valence-electron chi connectivity index (χ2n) is 4.05. The summed E-state index contributed by atoms with van der Waals surface area (Å²) in [6.07, 6.45) is 0. The molecular formula is C15H15BrClNO. The van der Waals surface area contributed by atoms with Crippen molar-refractivity contribution in [2.75, 3.05) is 11.9 Å². The summed E-state index contributed by atoms with van der Waals surface area (Å²) >= 11 is 9.45. The lowest BCUT2D eigenvalue weighted by Crippen LogP contribution is -2.03. The van der Waals surface area contributed by atoms with Crippen LogP contribution in [0.5, 0.6) is 5.75 Å². The summed E-state index contributed by atoms with van der Waals surface area (Å²) in [5.74, 6) is 0.872. The van der Waals surface area contributed by atoms with E-state index in [1.54, 1.807) is 0 Å². The molecule has 0 unspecified atom stereocenters. The largest absolute Gasteiger partial charge is 0.494 e. The third kappa shape index (κ3) is 4.15. The average Bonchev–Trinajstić information content (AvgIpc) is 2.41. The molecule has 0 saturated carbocycles. The molecule has 0 saturated heterocycles. The van der Waals surface area contributed by atoms with Crippen molar-refractivity contribution in [2.24, 2.45) is 0 Å². The first-order chi connectivity index (χ1) is 9.19. The molecular weight excluding hydrogens is 326 g/mol. The fraction of sp³-hybridized carbons (Fsp3) is 0.200. The molecule has 0 atom stereocenters. The summed E-state index contributed by atoms with van der Waals surface area (Å²) in [6.45, 7) is 3.30. The van der Waals surface area contributed by atoms with Crippen molar-refractivity contribution >= 4 is 33.2 Å². The number of halogens is 2. The lowest BCUT2D eigenvalue weighted by atomic mass is 10.2. The minimum atomic E-state index is 0.646. The fourth-order valence-corrected chi connectivity index (χ4v) is 2.21. The third-order valence-corrected chi connectivity index (χ3v) is 3.41. The van der Waals surface area contributed by atoms with Crippen molar-refractivity contribution in [3.8, 4) is 5.75 Å². The Morgan fingerprint density at radius 1 is 1.16 bits per heavy atom. The number of anilines is 1. The molecule has 0 heterocycles. The van der Waals surface area contributed by atoms with Crippen LogP contribution in [-0.2, 0) is 6.54 Å². The standard InChI is InChI=1S/C15H15BrClNO/c1-2-19-15-8-5-13(17)9-11(15)10-18-14-6-3-12(16)4-7-14/h3-9,18H,2,10H2,1H3. The van der Waals surface area contributed by atoms with Gasteiger partial charge in [0.2, 0.25) is 0 Å². The molecule has 0 radical (unpaired) electrons. The number of ether oxygens (including phenoxy) is 1. The Morgan fingerprint density at radius 3 is 2.58 bits per heavy atom. The van der Waals surface area contributed by atoms with E-state index in [2.05, 4.69) is 21.2 Å². The normalized spacial score (nSPS) is 10.3. The minimum absolute atomic E-state index is 0.646. The van der Waals surface area contributed by atoms with E-state index in [4.69, 9.17) is 16.3 Å². The molecule has 2 aromatic carbocycles. The monoisotopic (exact) mass is 339 g/mol. The highest BCUT2D eigenvalue weighted by Gasteiger charge is 2.04. The van der Waals surface area contributed by atoms with Crippen LogP contribution in [-0.4, -0.2) is 6.61 Å². The second kappa shape index (κ2) is 6.83. The van der Waals surface area contributed by atoms with Crippen molar-refractivity contribution in [1.82, 2.24) is 0 Å². The number of benzene rings is 2. The van der Waals surface area contributed by atoms with Crippen LogP contribution in [0.4, 0.5) is 5.69 Å². The zero-order valence-electron chi connectivity index (χ0n) is 10.6. The van der Waals surface area contributed by atoms with E-state index in [-0.39, 0.29) is 0 Å². The van der Waals surface area contributed by atoms with Gasteiger partial charge in [0, 0.05) is 27.3 Å². The number of nitrogens with one attached hydrogen (secondary N) is 1. The van der Waals surface area contributed by atoms with E-state index in [1.165, 1.54) is 0 Å². The molecule has 2 nitrogen and oxygen atoms in total. The van der Waals surface area contributed by atoms with Crippen LogP contribution in [0, 0.1) is 0 Å². The van der Waals surface area contributed by atoms with Gasteiger partial charge in [-0.15, -0.1) is 0 Å². The lowest BCUT2D eigenvalue weighted by molar-refractivity contribution is 0.337. The van der Waals surface area contributed by atoms with E-state index < -0.39 is 0 Å². The maximum Gasteiger partial charge on any atom is 0.124 e. The van der Waals surface area contributed by atoms with E-state index in [0.717, 1.165) is 26.5 Å². The Kier molecular flexibility index (Phi) is 5.11. The first-order valence-electron chi connectivity index (χ1n) is 6.09. The molecule has 0 aliphatic rings. The molecule has 100 valence electrons. The highest BCUT2D eigenvalue weighted by Crippen LogP contribution is 2.24. The van der Waals surface area contributed by atoms with Crippen molar-refractivity contribution in [3.05, 3.63) is 57.5 Å². The Bertz CT molecular complexity index is 542. The SMILES string of the molecule is CCOc1ccc(Cl)cc1CNc1ccc(Br)cc1. The van der Waals surface area contributed by atoms with Gasteiger partial charge in [-0.25, -0.2) is 0 Å². The first-order valence-corrected chi connectivity index (χ1v) is 7.27. The molecule has 0 aliphatic carbocycles. The van der Waals surface area contributed by atoms with Crippen LogP contribution < -0.4 is 10.1 Å². The molecule has 2 rings (SSSR count). The van der Waals surface area contributed by atoms with E-state index >= 15 is 0 Å². The Labute approximate surface area is 126 Å². The fourth-order valence-electron chi connectivity index (χ4n) is 1.75. The number of hydrogen-bond donors (Lipinski definition) is 1. The second-order valence-corrected chi connectivity index (χ2v) is 5.40. The van der Waals surface area contributed by atoms with Gasteiger partial charge in [-0.2, -0.15) is 0 Å². The summed E-state index contributed by atoms with van der Waals surface area (Å²) in [5, 5.41) is 4.07. The quantitative estimate of drug-likeness (QED) is 0.816. The van der Waals surface area contributed by atoms with E-state index in [0.29, 0.717) is 13.2 Å². The molecule has 1 N–H and O–H groups in total. The van der Waals surface area contributed by atoms with Crippen LogP contribution >= 0.6 is 27.5 Å². The molecule has 0 aliphatic heterocycles. The van der Waals surface area contributed by atoms with Gasteiger partial charge in [-0.05, 0) is 49.4 Å². The molecule has 0 fully saturated rings. The summed E-state index contributed by atoms with van der Waals surface area (Å²) in [6, 6.07) is 13.7. The smallest absolute Gasteiger partial charge is 0.124 e. The van der Waals surface area contributed by atoms with Crippen molar-refractivity contribution in [2.45, 2.75) is 13.5 Å². The van der Waals surface area contributed by atoms with Gasteiger partial charge in [0.25, 0.3) is 0 Å². The summed E-state index contributed by atoms with van der Waals surface area (Å²) < 4.78 is 6.66. The lowest BCUT2D eigenvalue weighted by Gasteiger charge is -2.12. The number of hydrogen-bond acceptors (Lipinski definition) is 2. The van der Waals surface area contributed by atoms with Gasteiger partial charge in [0.05, 0.1) is 6.61 Å². The van der Waals surface area contributed by atoms with E-state index in [1.807, 2.05) is 49.4 Å². The molecule has 0 bridgehead atoms. The summed E-state index contributed by atoms with van der Waals surface area (Å²) in [4.78, 5) is 0. The van der Waals surface area contributed by atoms with Crippen molar-refractivity contribution in [1.29, 1.82) is 0 Å². The highest BCUT2D eigenvalue weighted by molar-refractivity contribution is 9.10. The Morgan fingerprint density at radius 2 is 1.89 bits per heavy atom. The van der Waals surface area contributed by atoms with Gasteiger partial charge in [-0.3, -0.25) is 0 Å². The van der Waals surface area contributed by atoms with Crippen LogP contribution in [0.1, 0.15) is 12.5 Å². The van der Waals surface area contributed by atoms with Crippen molar-refractivity contribution in [3.63, 3.8) is 0 Å². The topological polar surface area (TPSA) is 21.3 Å². The van der Waals surface area contributed by atoms with Gasteiger partial charge >= 0.3 is 0 Å². The van der Waals surface area contributed by atoms with Gasteiger partial charge in [0.15, 0.2) is 0 Å². The molecule has 0 amide bonds. The molecule has 2 aromatic rings. The minimum Gasteiger partial charge on any atom is -0.494 e. The van der Waals surface area contributed by atoms with E-state index in [9.17, 15) is 0 Å². The Balaban J connectivity index is 2.09. The van der Waals surface area contributed by atoms with Gasteiger partial charge in [-0.1, -0.05) is 27.5 Å². The summed E-state index contributed by atoms with van der Waals surface area (Å²) in [7, 11) is 0. The predicted octanol–water partition coefficient (Wildman–Crippen LogP) is 5.11. The maximum absolute atomic E-state index is 6.03. The Hall–Kier alpha value is -1.19. The van der Waals surface area contributed by atoms with Gasteiger partial charge in [0.1, 0.15) is 5.75 Å². The average molecular weight is 341 g/mol. The van der Waals surface area contributed by atoms with Crippen LogP contribution in [0.3, 0.4) is 0 Å². The number of rotatable bonds is 5. The molecule has 0 aromatic heterocycles. The molecule has 0 spiro atoms. The summed E-state index contributed by atoms with van der Waals surface area (Å²) in [5.41, 5.74) is 2.11. The van der Waals surface area contributed by atoms with Crippen LogP contribution in [0.2, 0.25) is 5.02 Å². The van der Waals surface area contributed by atoms with Crippen molar-refractivity contribution < 1.29 is 4.74 Å². The first kappa shape index (κ1) is 14.2. The van der Waals surface area contributed by atoms with Gasteiger partial charge < -0.3 is 10.1 Å². The highest BCUT2D eigenvalue weighted by atomic mass is 79.9. The predicted molar refractivity (Wildman–Crippen MR) is 84.1 cm³/mol.